The van der Waals surface area contributed by atoms with Gasteiger partial charge in [0, 0.05) is 12.1 Å². The molecule has 0 spiro atoms. The highest BCUT2D eigenvalue weighted by Crippen LogP contribution is 2.29. The molecule has 3 rings (SSSR count). The molecule has 0 atom stereocenters. The number of carbonyl (C=O) groups is 2. The highest BCUT2D eigenvalue weighted by atomic mass is 32.1. The van der Waals surface area contributed by atoms with Crippen LogP contribution in [0.2, 0.25) is 0 Å². The minimum atomic E-state index is -0.299. The first kappa shape index (κ1) is 20.9. The van der Waals surface area contributed by atoms with Gasteiger partial charge in [0.25, 0.3) is 5.91 Å². The van der Waals surface area contributed by atoms with Gasteiger partial charge in [0.2, 0.25) is 5.91 Å². The number of hydrogen-bond acceptors (Lipinski definition) is 5. The van der Waals surface area contributed by atoms with Crippen molar-refractivity contribution in [3.05, 3.63) is 46.8 Å². The highest BCUT2D eigenvalue weighted by molar-refractivity contribution is 7.14. The fraction of sp³-hybridized carbons (Fsp3) is 0.364. The Labute approximate surface area is 174 Å². The van der Waals surface area contributed by atoms with Crippen LogP contribution >= 0.6 is 11.3 Å². The summed E-state index contributed by atoms with van der Waals surface area (Å²) < 4.78 is 11.1. The van der Waals surface area contributed by atoms with Crippen LogP contribution in [0.25, 0.3) is 6.08 Å². The van der Waals surface area contributed by atoms with E-state index in [4.69, 9.17) is 9.47 Å². The molecule has 154 valence electrons. The molecule has 7 heteroatoms. The summed E-state index contributed by atoms with van der Waals surface area (Å²) in [7, 11) is 1.59. The quantitative estimate of drug-likeness (QED) is 0.599. The van der Waals surface area contributed by atoms with E-state index in [9.17, 15) is 9.59 Å². The van der Waals surface area contributed by atoms with Crippen LogP contribution in [0.3, 0.4) is 0 Å². The van der Waals surface area contributed by atoms with E-state index in [0.29, 0.717) is 34.6 Å². The minimum absolute atomic E-state index is 0.144. The van der Waals surface area contributed by atoms with Gasteiger partial charge in [-0.2, -0.15) is 0 Å². The van der Waals surface area contributed by atoms with Crippen LogP contribution in [-0.2, 0) is 4.79 Å². The Morgan fingerprint density at radius 3 is 2.72 bits per heavy atom. The zero-order valence-corrected chi connectivity index (χ0v) is 17.7. The van der Waals surface area contributed by atoms with Crippen molar-refractivity contribution in [3.63, 3.8) is 0 Å². The zero-order chi connectivity index (χ0) is 20.8. The Morgan fingerprint density at radius 2 is 2.03 bits per heavy atom. The third kappa shape index (κ3) is 6.09. The number of carbonyl (C=O) groups excluding carboxylic acids is 2. The van der Waals surface area contributed by atoms with Crippen LogP contribution in [0, 0.1) is 5.92 Å². The Kier molecular flexibility index (Phi) is 6.93. The molecule has 1 aliphatic carbocycles. The molecule has 2 N–H and O–H groups in total. The fourth-order valence-electron chi connectivity index (χ4n) is 2.56. The smallest absolute Gasteiger partial charge is 0.254 e. The third-order valence-corrected chi connectivity index (χ3v) is 5.08. The van der Waals surface area contributed by atoms with Crippen LogP contribution in [0.1, 0.15) is 42.6 Å². The van der Waals surface area contributed by atoms with Gasteiger partial charge < -0.3 is 20.1 Å². The molecule has 2 amide bonds. The van der Waals surface area contributed by atoms with Gasteiger partial charge in [-0.05, 0) is 54.0 Å². The Hall–Kier alpha value is -2.80. The number of methoxy groups -OCH3 is 1. The second kappa shape index (κ2) is 9.60. The molecule has 0 bridgehead atoms. The lowest BCUT2D eigenvalue weighted by molar-refractivity contribution is -0.111. The lowest BCUT2D eigenvalue weighted by atomic mass is 10.2. The van der Waals surface area contributed by atoms with Crippen molar-refractivity contribution in [2.45, 2.75) is 32.7 Å². The molecule has 1 aromatic carbocycles. The zero-order valence-electron chi connectivity index (χ0n) is 16.9. The molecule has 2 aromatic rings. The van der Waals surface area contributed by atoms with Crippen molar-refractivity contribution in [1.82, 2.24) is 5.32 Å². The van der Waals surface area contributed by atoms with Crippen LogP contribution < -0.4 is 20.1 Å². The molecule has 0 saturated heterocycles. The number of hydrogen-bond donors (Lipinski definition) is 2. The van der Waals surface area contributed by atoms with E-state index in [1.807, 2.05) is 18.2 Å². The van der Waals surface area contributed by atoms with Crippen LogP contribution in [0.15, 0.2) is 35.7 Å². The number of thiophene rings is 1. The Balaban J connectivity index is 1.62. The van der Waals surface area contributed by atoms with E-state index in [1.54, 1.807) is 24.6 Å². The number of benzene rings is 1. The van der Waals surface area contributed by atoms with Crippen molar-refractivity contribution >= 4 is 34.2 Å². The molecule has 0 unspecified atom stereocenters. The summed E-state index contributed by atoms with van der Waals surface area (Å²) in [6.45, 7) is 4.76. The van der Waals surface area contributed by atoms with Crippen LogP contribution in [0.5, 0.6) is 11.5 Å². The van der Waals surface area contributed by atoms with Crippen LogP contribution in [-0.4, -0.2) is 31.6 Å². The molecular weight excluding hydrogens is 388 g/mol. The summed E-state index contributed by atoms with van der Waals surface area (Å²) in [6, 6.07) is 7.51. The van der Waals surface area contributed by atoms with Gasteiger partial charge in [-0.1, -0.05) is 19.9 Å². The van der Waals surface area contributed by atoms with Crippen molar-refractivity contribution < 1.29 is 19.1 Å². The first-order valence-corrected chi connectivity index (χ1v) is 10.5. The van der Waals surface area contributed by atoms with E-state index < -0.39 is 0 Å². The van der Waals surface area contributed by atoms with Crippen molar-refractivity contribution in [2.24, 2.45) is 5.92 Å². The molecule has 0 radical (unpaired) electrons. The summed E-state index contributed by atoms with van der Waals surface area (Å²) >= 11 is 1.33. The number of nitrogens with one attached hydrogen (secondary N) is 2. The van der Waals surface area contributed by atoms with Crippen molar-refractivity contribution in [3.8, 4) is 11.5 Å². The van der Waals surface area contributed by atoms with E-state index in [1.165, 1.54) is 17.4 Å². The molecule has 1 fully saturated rings. The lowest BCUT2D eigenvalue weighted by Gasteiger charge is -2.12. The number of ether oxygens (including phenoxy) is 2. The van der Waals surface area contributed by atoms with Crippen molar-refractivity contribution in [2.75, 3.05) is 19.0 Å². The lowest BCUT2D eigenvalue weighted by Crippen LogP contribution is -2.26. The summed E-state index contributed by atoms with van der Waals surface area (Å²) in [5.74, 6) is 1.26. The molecule has 29 heavy (non-hydrogen) atoms. The minimum Gasteiger partial charge on any atom is -0.493 e. The van der Waals surface area contributed by atoms with E-state index >= 15 is 0 Å². The summed E-state index contributed by atoms with van der Waals surface area (Å²) in [5, 5.41) is 8.06. The largest absolute Gasteiger partial charge is 0.493 e. The van der Waals surface area contributed by atoms with Crippen molar-refractivity contribution in [1.29, 1.82) is 0 Å². The van der Waals surface area contributed by atoms with E-state index in [0.717, 1.165) is 18.4 Å². The topological polar surface area (TPSA) is 76.7 Å². The molecule has 1 aliphatic rings. The maximum atomic E-state index is 12.3. The summed E-state index contributed by atoms with van der Waals surface area (Å²) in [5.41, 5.74) is 1.31. The number of amides is 2. The predicted octanol–water partition coefficient (Wildman–Crippen LogP) is 4.34. The molecule has 1 saturated carbocycles. The van der Waals surface area contributed by atoms with Gasteiger partial charge in [-0.15, -0.1) is 11.3 Å². The maximum absolute atomic E-state index is 12.3. The normalized spacial score (nSPS) is 13.5. The predicted molar refractivity (Wildman–Crippen MR) is 116 cm³/mol. The number of rotatable bonds is 9. The van der Waals surface area contributed by atoms with Gasteiger partial charge in [-0.25, -0.2) is 0 Å². The first-order valence-electron chi connectivity index (χ1n) is 9.64. The first-order chi connectivity index (χ1) is 14.0. The average molecular weight is 415 g/mol. The average Bonchev–Trinajstić information content (AvgIpc) is 3.39. The second-order valence-corrected chi connectivity index (χ2v) is 8.26. The highest BCUT2D eigenvalue weighted by Gasteiger charge is 2.25. The van der Waals surface area contributed by atoms with Gasteiger partial charge in [0.1, 0.15) is 5.00 Å². The summed E-state index contributed by atoms with van der Waals surface area (Å²) in [6.07, 6.45) is 5.17. The number of anilines is 1. The van der Waals surface area contributed by atoms with Gasteiger partial charge >= 0.3 is 0 Å². The second-order valence-electron chi connectivity index (χ2n) is 7.35. The summed E-state index contributed by atoms with van der Waals surface area (Å²) in [4.78, 5) is 24.5. The molecule has 6 nitrogen and oxygen atoms in total. The molecule has 1 aromatic heterocycles. The maximum Gasteiger partial charge on any atom is 0.254 e. The Bertz CT molecular complexity index is 900. The van der Waals surface area contributed by atoms with E-state index in [-0.39, 0.29) is 17.9 Å². The Morgan fingerprint density at radius 1 is 1.24 bits per heavy atom. The standard InChI is InChI=1S/C22H26N2O4S/c1-14(2)13-28-18-8-4-15(12-19(18)27-3)5-9-20(25)24-22-17(10-11-29-22)21(26)23-16-6-7-16/h4-5,8-12,14,16H,6-7,13H2,1-3H3,(H,23,26)(H,24,25). The third-order valence-electron chi connectivity index (χ3n) is 4.25. The van der Waals surface area contributed by atoms with Gasteiger partial charge in [0.15, 0.2) is 11.5 Å². The van der Waals surface area contributed by atoms with Gasteiger partial charge in [-0.3, -0.25) is 9.59 Å². The fourth-order valence-corrected chi connectivity index (χ4v) is 3.35. The monoisotopic (exact) mass is 414 g/mol. The SMILES string of the molecule is COc1cc(C=CC(=O)Nc2sccc2C(=O)NC2CC2)ccc1OCC(C)C. The van der Waals surface area contributed by atoms with E-state index in [2.05, 4.69) is 24.5 Å². The van der Waals surface area contributed by atoms with Gasteiger partial charge in [0.05, 0.1) is 19.3 Å². The molecule has 1 heterocycles. The molecule has 0 aliphatic heterocycles. The molecular formula is C22H26N2O4S. The van der Waals surface area contributed by atoms with Crippen LogP contribution in [0.4, 0.5) is 5.00 Å².